The van der Waals surface area contributed by atoms with E-state index in [1.807, 2.05) is 0 Å². The molecular formula is C10H18N2O. The van der Waals surface area contributed by atoms with Crippen LogP contribution in [0, 0.1) is 23.2 Å². The van der Waals surface area contributed by atoms with Crippen LogP contribution < -0.4 is 5.73 Å². The van der Waals surface area contributed by atoms with Crippen molar-refractivity contribution in [2.75, 3.05) is 13.2 Å². The van der Waals surface area contributed by atoms with Gasteiger partial charge in [0.25, 0.3) is 0 Å². The van der Waals surface area contributed by atoms with Crippen molar-refractivity contribution in [1.29, 1.82) is 5.26 Å². The highest BCUT2D eigenvalue weighted by Crippen LogP contribution is 2.38. The number of rotatable bonds is 5. The minimum atomic E-state index is -0.727. The average molecular weight is 182 g/mol. The summed E-state index contributed by atoms with van der Waals surface area (Å²) < 4.78 is 5.40. The van der Waals surface area contributed by atoms with E-state index in [1.165, 1.54) is 0 Å². The lowest BCUT2D eigenvalue weighted by Gasteiger charge is -2.21. The molecule has 3 heteroatoms. The molecular weight excluding hydrogens is 164 g/mol. The van der Waals surface area contributed by atoms with E-state index in [1.54, 1.807) is 0 Å². The Morgan fingerprint density at radius 3 is 2.62 bits per heavy atom. The predicted molar refractivity (Wildman–Crippen MR) is 50.9 cm³/mol. The van der Waals surface area contributed by atoms with Crippen molar-refractivity contribution in [2.45, 2.75) is 32.2 Å². The molecule has 0 radical (unpaired) electrons. The summed E-state index contributed by atoms with van der Waals surface area (Å²) in [6.45, 7) is 5.24. The van der Waals surface area contributed by atoms with E-state index in [-0.39, 0.29) is 0 Å². The van der Waals surface area contributed by atoms with Crippen LogP contribution in [0.5, 0.6) is 0 Å². The molecule has 0 aromatic rings. The van der Waals surface area contributed by atoms with Gasteiger partial charge >= 0.3 is 0 Å². The zero-order valence-corrected chi connectivity index (χ0v) is 8.42. The Morgan fingerprint density at radius 1 is 1.62 bits per heavy atom. The molecule has 0 bridgehead atoms. The molecule has 0 heterocycles. The van der Waals surface area contributed by atoms with E-state index < -0.39 is 5.54 Å². The quantitative estimate of drug-likeness (QED) is 0.697. The second-order valence-corrected chi connectivity index (χ2v) is 4.34. The molecule has 3 nitrogen and oxygen atoms in total. The Bertz CT molecular complexity index is 205. The van der Waals surface area contributed by atoms with Gasteiger partial charge in [0, 0.05) is 6.61 Å². The summed E-state index contributed by atoms with van der Waals surface area (Å²) in [5.41, 5.74) is 5.18. The topological polar surface area (TPSA) is 59.0 Å². The highest BCUT2D eigenvalue weighted by Gasteiger charge is 2.42. The number of ether oxygens (including phenoxy) is 1. The van der Waals surface area contributed by atoms with E-state index in [2.05, 4.69) is 19.9 Å². The predicted octanol–water partition coefficient (Wildman–Crippen LogP) is 1.29. The molecule has 1 rings (SSSR count). The van der Waals surface area contributed by atoms with Crippen LogP contribution in [0.2, 0.25) is 0 Å². The SMILES string of the molecule is CC(C)COCC(N)(C#N)C1CC1. The maximum Gasteiger partial charge on any atom is 0.130 e. The summed E-state index contributed by atoms with van der Waals surface area (Å²) in [4.78, 5) is 0. The second-order valence-electron chi connectivity index (χ2n) is 4.34. The highest BCUT2D eigenvalue weighted by molar-refractivity contribution is 5.13. The molecule has 1 unspecified atom stereocenters. The third kappa shape index (κ3) is 2.98. The summed E-state index contributed by atoms with van der Waals surface area (Å²) in [7, 11) is 0. The van der Waals surface area contributed by atoms with E-state index in [4.69, 9.17) is 15.7 Å². The Balaban J connectivity index is 2.28. The van der Waals surface area contributed by atoms with E-state index in [9.17, 15) is 0 Å². The zero-order chi connectivity index (χ0) is 9.90. The Hall–Kier alpha value is -0.590. The molecule has 0 spiro atoms. The minimum Gasteiger partial charge on any atom is -0.378 e. The third-order valence-electron chi connectivity index (χ3n) is 2.31. The lowest BCUT2D eigenvalue weighted by molar-refractivity contribution is 0.0766. The molecule has 0 saturated heterocycles. The van der Waals surface area contributed by atoms with Crippen molar-refractivity contribution >= 4 is 0 Å². The fourth-order valence-electron chi connectivity index (χ4n) is 1.30. The first-order chi connectivity index (χ1) is 6.08. The first-order valence-electron chi connectivity index (χ1n) is 4.86. The van der Waals surface area contributed by atoms with Crippen LogP contribution in [0.3, 0.4) is 0 Å². The molecule has 74 valence electrons. The lowest BCUT2D eigenvalue weighted by Crippen LogP contribution is -2.45. The molecule has 0 aromatic heterocycles. The molecule has 1 atom stereocenters. The minimum absolute atomic E-state index is 0.365. The van der Waals surface area contributed by atoms with Crippen molar-refractivity contribution in [2.24, 2.45) is 17.6 Å². The zero-order valence-electron chi connectivity index (χ0n) is 8.42. The maximum atomic E-state index is 8.91. The Labute approximate surface area is 79.9 Å². The van der Waals surface area contributed by atoms with E-state index in [0.717, 1.165) is 12.8 Å². The molecule has 1 fully saturated rings. The highest BCUT2D eigenvalue weighted by atomic mass is 16.5. The van der Waals surface area contributed by atoms with E-state index in [0.29, 0.717) is 25.0 Å². The molecule has 1 aliphatic carbocycles. The molecule has 13 heavy (non-hydrogen) atoms. The van der Waals surface area contributed by atoms with Gasteiger partial charge in [0.05, 0.1) is 12.7 Å². The van der Waals surface area contributed by atoms with Crippen molar-refractivity contribution in [3.63, 3.8) is 0 Å². The van der Waals surface area contributed by atoms with Crippen molar-refractivity contribution in [3.05, 3.63) is 0 Å². The lowest BCUT2D eigenvalue weighted by atomic mass is 9.98. The molecule has 2 N–H and O–H groups in total. The second kappa shape index (κ2) is 4.08. The largest absolute Gasteiger partial charge is 0.378 e. The van der Waals surface area contributed by atoms with Gasteiger partial charge in [-0.15, -0.1) is 0 Å². The molecule has 0 aliphatic heterocycles. The number of nitrogens with zero attached hydrogens (tertiary/aromatic N) is 1. The van der Waals surface area contributed by atoms with Gasteiger partial charge < -0.3 is 10.5 Å². The van der Waals surface area contributed by atoms with Gasteiger partial charge in [-0.25, -0.2) is 0 Å². The van der Waals surface area contributed by atoms with Gasteiger partial charge in [-0.05, 0) is 24.7 Å². The summed E-state index contributed by atoms with van der Waals surface area (Å²) in [6, 6.07) is 2.17. The first kappa shape index (κ1) is 10.5. The number of nitriles is 1. The van der Waals surface area contributed by atoms with Gasteiger partial charge in [0.2, 0.25) is 0 Å². The van der Waals surface area contributed by atoms with Crippen molar-refractivity contribution < 1.29 is 4.74 Å². The van der Waals surface area contributed by atoms with Gasteiger partial charge in [-0.2, -0.15) is 5.26 Å². The number of hydrogen-bond donors (Lipinski definition) is 1. The molecule has 0 aromatic carbocycles. The summed E-state index contributed by atoms with van der Waals surface area (Å²) in [5.74, 6) is 0.867. The van der Waals surface area contributed by atoms with Gasteiger partial charge in [-0.1, -0.05) is 13.8 Å². The smallest absolute Gasteiger partial charge is 0.130 e. The van der Waals surface area contributed by atoms with Crippen LogP contribution in [0.1, 0.15) is 26.7 Å². The monoisotopic (exact) mass is 182 g/mol. The van der Waals surface area contributed by atoms with Gasteiger partial charge in [0.1, 0.15) is 5.54 Å². The van der Waals surface area contributed by atoms with Gasteiger partial charge in [0.15, 0.2) is 0 Å². The van der Waals surface area contributed by atoms with Crippen LogP contribution in [-0.4, -0.2) is 18.8 Å². The van der Waals surface area contributed by atoms with Crippen LogP contribution in [0.25, 0.3) is 0 Å². The summed E-state index contributed by atoms with van der Waals surface area (Å²) >= 11 is 0. The number of hydrogen-bond acceptors (Lipinski definition) is 3. The molecule has 1 saturated carbocycles. The maximum absolute atomic E-state index is 8.91. The van der Waals surface area contributed by atoms with Crippen LogP contribution in [0.4, 0.5) is 0 Å². The van der Waals surface area contributed by atoms with Crippen LogP contribution in [0.15, 0.2) is 0 Å². The summed E-state index contributed by atoms with van der Waals surface area (Å²) in [6.07, 6.45) is 2.16. The Morgan fingerprint density at radius 2 is 2.23 bits per heavy atom. The fraction of sp³-hybridized carbons (Fsp3) is 0.900. The summed E-state index contributed by atoms with van der Waals surface area (Å²) in [5, 5.41) is 8.91. The van der Waals surface area contributed by atoms with Crippen molar-refractivity contribution in [3.8, 4) is 6.07 Å². The third-order valence-corrected chi connectivity index (χ3v) is 2.31. The van der Waals surface area contributed by atoms with Gasteiger partial charge in [-0.3, -0.25) is 0 Å². The van der Waals surface area contributed by atoms with E-state index >= 15 is 0 Å². The van der Waals surface area contributed by atoms with Crippen LogP contribution in [-0.2, 0) is 4.74 Å². The normalized spacial score (nSPS) is 21.2. The fourth-order valence-corrected chi connectivity index (χ4v) is 1.30. The molecule has 1 aliphatic rings. The standard InChI is InChI=1S/C10H18N2O/c1-8(2)5-13-7-10(12,6-11)9-3-4-9/h8-9H,3-5,7,12H2,1-2H3. The molecule has 0 amide bonds. The Kier molecular flexibility index (Phi) is 3.29. The number of nitrogens with two attached hydrogens (primary N) is 1. The average Bonchev–Trinajstić information content (AvgIpc) is 2.85. The first-order valence-corrected chi connectivity index (χ1v) is 4.86. The van der Waals surface area contributed by atoms with Crippen LogP contribution >= 0.6 is 0 Å². The van der Waals surface area contributed by atoms with Crippen molar-refractivity contribution in [1.82, 2.24) is 0 Å².